The maximum absolute atomic E-state index is 11.7. The Hall–Kier alpha value is -2.03. The molecule has 4 rings (SSSR count). The first kappa shape index (κ1) is 45.7. The molecule has 3 aromatic rings. The van der Waals surface area contributed by atoms with Gasteiger partial charge in [0.05, 0.1) is 60.4 Å². The third-order valence-electron chi connectivity index (χ3n) is 9.83. The Morgan fingerprint density at radius 3 is 1.75 bits per heavy atom. The number of fused-ring (bicyclic) bond motifs is 2. The molecular formula is C39H54Cl4N4O6S2. The van der Waals surface area contributed by atoms with E-state index in [9.17, 15) is 25.9 Å². The van der Waals surface area contributed by atoms with Gasteiger partial charge in [0, 0.05) is 37.1 Å². The van der Waals surface area contributed by atoms with Gasteiger partial charge in [-0.2, -0.15) is 8.42 Å². The number of imidazole rings is 1. The van der Waals surface area contributed by atoms with E-state index < -0.39 is 31.7 Å². The fraction of sp³-hybridized carbons (Fsp3) is 0.564. The molecule has 0 spiro atoms. The zero-order valence-electron chi connectivity index (χ0n) is 31.8. The molecule has 0 amide bonds. The van der Waals surface area contributed by atoms with Gasteiger partial charge in [0.1, 0.15) is 5.82 Å². The molecule has 10 nitrogen and oxygen atoms in total. The minimum absolute atomic E-state index is 0.110. The number of benzene rings is 2. The molecule has 0 atom stereocenters. The van der Waals surface area contributed by atoms with Crippen molar-refractivity contribution in [3.05, 3.63) is 68.2 Å². The first-order chi connectivity index (χ1) is 26.1. The second-order valence-electron chi connectivity index (χ2n) is 14.1. The highest BCUT2D eigenvalue weighted by Crippen LogP contribution is 2.46. The van der Waals surface area contributed by atoms with Crippen molar-refractivity contribution in [1.29, 1.82) is 0 Å². The lowest BCUT2D eigenvalue weighted by Crippen LogP contribution is -2.37. The Morgan fingerprint density at radius 1 is 0.673 bits per heavy atom. The highest BCUT2D eigenvalue weighted by molar-refractivity contribution is 7.85. The third-order valence-corrected chi connectivity index (χ3v) is 12.9. The summed E-state index contributed by atoms with van der Waals surface area (Å²) in [5, 5.41) is 1.53. The quantitative estimate of drug-likeness (QED) is 0.0535. The summed E-state index contributed by atoms with van der Waals surface area (Å²) in [5.74, 6) is 0.670. The van der Waals surface area contributed by atoms with Crippen molar-refractivity contribution in [3.8, 4) is 0 Å². The van der Waals surface area contributed by atoms with Crippen LogP contribution in [-0.4, -0.2) is 55.1 Å². The molecule has 0 aliphatic carbocycles. The fourth-order valence-electron chi connectivity index (χ4n) is 7.13. The molecule has 0 fully saturated rings. The van der Waals surface area contributed by atoms with Crippen molar-refractivity contribution in [2.45, 2.75) is 117 Å². The molecule has 1 aliphatic heterocycles. The van der Waals surface area contributed by atoms with Crippen molar-refractivity contribution in [3.63, 3.8) is 0 Å². The maximum atomic E-state index is 11.7. The number of unbranched alkanes of at least 4 members (excludes halogenated alkanes) is 10. The van der Waals surface area contributed by atoms with Crippen LogP contribution in [0, 0.1) is 0 Å². The average molecular weight is 881 g/mol. The van der Waals surface area contributed by atoms with E-state index in [1.54, 1.807) is 12.1 Å². The molecule has 1 aliphatic rings. The number of aromatic nitrogens is 2. The van der Waals surface area contributed by atoms with Crippen LogP contribution < -0.4 is 14.4 Å². The molecule has 0 saturated heterocycles. The van der Waals surface area contributed by atoms with Gasteiger partial charge in [0.15, 0.2) is 11.0 Å². The summed E-state index contributed by atoms with van der Waals surface area (Å²) in [6.07, 6.45) is 19.3. The van der Waals surface area contributed by atoms with Crippen LogP contribution in [0.5, 0.6) is 0 Å². The van der Waals surface area contributed by atoms with E-state index in [1.807, 2.05) is 39.8 Å². The van der Waals surface area contributed by atoms with Crippen molar-refractivity contribution < 1.29 is 30.5 Å². The first-order valence-corrected chi connectivity index (χ1v) is 24.1. The van der Waals surface area contributed by atoms with E-state index >= 15 is 0 Å². The molecule has 16 heteroatoms. The predicted molar refractivity (Wildman–Crippen MR) is 227 cm³/mol. The van der Waals surface area contributed by atoms with Gasteiger partial charge in [-0.05, 0) is 50.3 Å². The van der Waals surface area contributed by atoms with E-state index in [4.69, 9.17) is 46.4 Å². The number of allylic oxidation sites excluding steroid dienone is 2. The highest BCUT2D eigenvalue weighted by atomic mass is 35.5. The molecule has 1 N–H and O–H groups in total. The normalized spacial score (nSPS) is 14.4. The first-order valence-electron chi connectivity index (χ1n) is 19.4. The van der Waals surface area contributed by atoms with Gasteiger partial charge in [-0.3, -0.25) is 4.55 Å². The van der Waals surface area contributed by atoms with E-state index in [2.05, 4.69) is 23.3 Å². The molecule has 0 saturated carbocycles. The van der Waals surface area contributed by atoms with Crippen LogP contribution in [0.3, 0.4) is 0 Å². The molecule has 2 heterocycles. The Morgan fingerprint density at radius 2 is 1.18 bits per heavy atom. The Labute approximate surface area is 347 Å². The van der Waals surface area contributed by atoms with Crippen LogP contribution in [0.15, 0.2) is 42.2 Å². The van der Waals surface area contributed by atoms with Crippen molar-refractivity contribution in [2.24, 2.45) is 0 Å². The summed E-state index contributed by atoms with van der Waals surface area (Å²) in [6, 6.07) is 7.22. The second kappa shape index (κ2) is 21.6. The van der Waals surface area contributed by atoms with E-state index in [-0.39, 0.29) is 25.9 Å². The lowest BCUT2D eigenvalue weighted by molar-refractivity contribution is -0.673. The van der Waals surface area contributed by atoms with Gasteiger partial charge < -0.3 is 14.4 Å². The van der Waals surface area contributed by atoms with Gasteiger partial charge in [0.2, 0.25) is 0 Å². The van der Waals surface area contributed by atoms with Gasteiger partial charge in [0.25, 0.3) is 15.9 Å². The summed E-state index contributed by atoms with van der Waals surface area (Å²) < 4.78 is 71.9. The van der Waals surface area contributed by atoms with E-state index in [1.165, 1.54) is 25.7 Å². The molecule has 0 unspecified atom stereocenters. The molecule has 2 aromatic carbocycles. The summed E-state index contributed by atoms with van der Waals surface area (Å²) >= 11 is 26.2. The van der Waals surface area contributed by atoms with E-state index in [0.717, 1.165) is 85.4 Å². The van der Waals surface area contributed by atoms with Crippen molar-refractivity contribution in [2.75, 3.05) is 34.4 Å². The average Bonchev–Trinajstić information content (AvgIpc) is 3.53. The number of aryl methyl sites for hydroxylation is 2. The topological polar surface area (TPSA) is 127 Å². The number of rotatable bonds is 24. The molecular weight excluding hydrogens is 826 g/mol. The zero-order valence-corrected chi connectivity index (χ0v) is 36.4. The third kappa shape index (κ3) is 13.5. The van der Waals surface area contributed by atoms with Crippen LogP contribution in [0.2, 0.25) is 20.1 Å². The Balaban J connectivity index is 1.81. The van der Waals surface area contributed by atoms with Crippen molar-refractivity contribution in [1.82, 2.24) is 4.57 Å². The zero-order chi connectivity index (χ0) is 40.2. The molecule has 1 aromatic heterocycles. The van der Waals surface area contributed by atoms with Gasteiger partial charge in [-0.15, -0.1) is 0 Å². The monoisotopic (exact) mass is 878 g/mol. The minimum atomic E-state index is -4.43. The number of hydrogen-bond donors (Lipinski definition) is 1. The summed E-state index contributed by atoms with van der Waals surface area (Å²) in [6.45, 7) is 6.28. The van der Waals surface area contributed by atoms with E-state index in [0.29, 0.717) is 33.2 Å². The standard InChI is InChI=1S/C39H54Cl4N4O6S2/c1-3-5-7-9-11-13-20-44-34-26-30(40)32(42)28-36(34)46(22-16-24-54(48,49)50)38(44)18-15-19-39-45(21-14-12-10-8-6-4-2)35-27-31(41)33(43)29-37(35)47(39)23-17-25-55(51,52)53/h15,18-19,26-29H,3-14,16-17,20-25H2,1-2H3,(H-,48,49,50,51,52,53). The van der Waals surface area contributed by atoms with Crippen LogP contribution in [0.1, 0.15) is 110 Å². The van der Waals surface area contributed by atoms with Gasteiger partial charge in [-0.1, -0.05) is 124 Å². The second-order valence-corrected chi connectivity index (χ2v) is 18.9. The predicted octanol–water partition coefficient (Wildman–Crippen LogP) is 10.7. The largest absolute Gasteiger partial charge is 0.748 e. The van der Waals surface area contributed by atoms with Crippen LogP contribution in [0.25, 0.3) is 17.1 Å². The molecule has 0 bridgehead atoms. The molecule has 55 heavy (non-hydrogen) atoms. The number of halogens is 4. The van der Waals surface area contributed by atoms with Crippen LogP contribution in [0.4, 0.5) is 11.4 Å². The van der Waals surface area contributed by atoms with Crippen LogP contribution >= 0.6 is 46.4 Å². The summed E-state index contributed by atoms with van der Waals surface area (Å²) in [4.78, 5) is 4.18. The minimum Gasteiger partial charge on any atom is -0.748 e. The molecule has 306 valence electrons. The fourth-order valence-corrected chi connectivity index (χ4v) is 8.73. The summed E-state index contributed by atoms with van der Waals surface area (Å²) in [5.41, 5.74) is 3.25. The lowest BCUT2D eigenvalue weighted by Gasteiger charge is -2.25. The number of anilines is 2. The Bertz CT molecular complexity index is 2040. The smallest absolute Gasteiger partial charge is 0.282 e. The van der Waals surface area contributed by atoms with Gasteiger partial charge in [-0.25, -0.2) is 17.6 Å². The number of hydrogen-bond acceptors (Lipinski definition) is 7. The van der Waals surface area contributed by atoms with Gasteiger partial charge >= 0.3 is 0 Å². The lowest BCUT2D eigenvalue weighted by atomic mass is 10.1. The maximum Gasteiger partial charge on any atom is 0.282 e. The highest BCUT2D eigenvalue weighted by Gasteiger charge is 2.32. The number of nitrogens with zero attached hydrogens (tertiary/aromatic N) is 4. The SMILES string of the molecule is CCCCCCCCN1/C(=C\C=C\c2n(CCCCCCCC)c3cc(Cl)c(Cl)cc3[n+]2CCCS(=O)(=O)[O-])N(CCCS(=O)(=O)O)c2cc(Cl)c(Cl)cc21. The summed E-state index contributed by atoms with van der Waals surface area (Å²) in [7, 11) is -8.61. The Kier molecular flexibility index (Phi) is 18.0. The van der Waals surface area contributed by atoms with Crippen LogP contribution in [-0.2, 0) is 33.3 Å². The van der Waals surface area contributed by atoms with Crippen molar-refractivity contribution >= 4 is 95.1 Å². The molecule has 0 radical (unpaired) electrons.